The molecule has 1 aliphatic rings. The van der Waals surface area contributed by atoms with Gasteiger partial charge in [0.15, 0.2) is 0 Å². The summed E-state index contributed by atoms with van der Waals surface area (Å²) in [5, 5.41) is 7.79. The molecule has 0 spiro atoms. The zero-order chi connectivity index (χ0) is 31.6. The van der Waals surface area contributed by atoms with Crippen molar-refractivity contribution < 1.29 is 0 Å². The topological polar surface area (TPSA) is 0 Å². The highest BCUT2D eigenvalue weighted by atomic mass is 14.3. The summed E-state index contributed by atoms with van der Waals surface area (Å²) in [4.78, 5) is 0. The molecule has 0 radical (unpaired) electrons. The molecule has 0 nitrogen and oxygen atoms in total. The molecule has 0 fully saturated rings. The summed E-state index contributed by atoms with van der Waals surface area (Å²) in [6.45, 7) is 0. The van der Waals surface area contributed by atoms with E-state index in [1.165, 1.54) is 99.1 Å². The van der Waals surface area contributed by atoms with E-state index in [1.54, 1.807) is 0 Å². The molecule has 0 saturated heterocycles. The van der Waals surface area contributed by atoms with Gasteiger partial charge in [-0.05, 0) is 111 Å². The minimum absolute atomic E-state index is 1.21. The molecular weight excluding hydrogens is 577 g/mol. The molecule has 0 unspecified atom stereocenters. The molecule has 9 aromatic carbocycles. The Hall–Kier alpha value is -6.24. The Morgan fingerprint density at radius 2 is 0.750 bits per heavy atom. The third-order valence-electron chi connectivity index (χ3n) is 10.2. The van der Waals surface area contributed by atoms with Crippen molar-refractivity contribution in [1.82, 2.24) is 0 Å². The van der Waals surface area contributed by atoms with Crippen LogP contribution in [0.5, 0.6) is 0 Å². The summed E-state index contributed by atoms with van der Waals surface area (Å²) < 4.78 is 0. The monoisotopic (exact) mass is 606 g/mol. The Bertz CT molecular complexity index is 2680. The summed E-state index contributed by atoms with van der Waals surface area (Å²) in [6, 6.07) is 67.0. The number of hydrogen-bond acceptors (Lipinski definition) is 0. The van der Waals surface area contributed by atoms with Gasteiger partial charge in [0.1, 0.15) is 0 Å². The van der Waals surface area contributed by atoms with Crippen molar-refractivity contribution in [2.75, 3.05) is 0 Å². The van der Waals surface area contributed by atoms with Crippen molar-refractivity contribution in [1.29, 1.82) is 0 Å². The molecule has 48 heavy (non-hydrogen) atoms. The average molecular weight is 607 g/mol. The van der Waals surface area contributed by atoms with E-state index >= 15 is 0 Å². The molecule has 222 valence electrons. The summed E-state index contributed by atoms with van der Waals surface area (Å²) in [5.41, 5.74) is 15.3. The Balaban J connectivity index is 1.29. The van der Waals surface area contributed by atoms with Crippen LogP contribution in [0.4, 0.5) is 0 Å². The molecular formula is C48H30. The van der Waals surface area contributed by atoms with Crippen LogP contribution in [0.15, 0.2) is 182 Å². The molecule has 0 saturated carbocycles. The van der Waals surface area contributed by atoms with Crippen LogP contribution in [0.25, 0.3) is 99.1 Å². The van der Waals surface area contributed by atoms with Crippen LogP contribution in [0.3, 0.4) is 0 Å². The van der Waals surface area contributed by atoms with E-state index < -0.39 is 0 Å². The lowest BCUT2D eigenvalue weighted by Crippen LogP contribution is -1.94. The lowest BCUT2D eigenvalue weighted by atomic mass is 9.82. The van der Waals surface area contributed by atoms with Crippen molar-refractivity contribution in [2.45, 2.75) is 0 Å². The third-order valence-corrected chi connectivity index (χ3v) is 10.2. The molecule has 0 atom stereocenters. The number of fused-ring (bicyclic) bond motifs is 6. The van der Waals surface area contributed by atoms with Gasteiger partial charge in [-0.15, -0.1) is 0 Å². The Kier molecular flexibility index (Phi) is 5.98. The number of benzene rings is 9. The first-order valence-corrected chi connectivity index (χ1v) is 16.7. The molecule has 10 rings (SSSR count). The van der Waals surface area contributed by atoms with Gasteiger partial charge in [-0.25, -0.2) is 0 Å². The Morgan fingerprint density at radius 1 is 0.229 bits per heavy atom. The highest BCUT2D eigenvalue weighted by Gasteiger charge is 2.30. The molecule has 1 aliphatic carbocycles. The van der Waals surface area contributed by atoms with Crippen molar-refractivity contribution in [3.05, 3.63) is 182 Å². The minimum Gasteiger partial charge on any atom is -0.0622 e. The van der Waals surface area contributed by atoms with Crippen molar-refractivity contribution in [2.24, 2.45) is 0 Å². The van der Waals surface area contributed by atoms with E-state index in [4.69, 9.17) is 0 Å². The zero-order valence-corrected chi connectivity index (χ0v) is 26.3. The van der Waals surface area contributed by atoms with Crippen LogP contribution in [0.1, 0.15) is 0 Å². The lowest BCUT2D eigenvalue weighted by Gasteiger charge is -2.21. The normalized spacial score (nSPS) is 11.8. The highest BCUT2D eigenvalue weighted by molar-refractivity contribution is 6.27. The first kappa shape index (κ1) is 26.9. The van der Waals surface area contributed by atoms with E-state index in [9.17, 15) is 0 Å². The summed E-state index contributed by atoms with van der Waals surface area (Å²) >= 11 is 0. The second-order valence-electron chi connectivity index (χ2n) is 12.8. The van der Waals surface area contributed by atoms with Gasteiger partial charge in [0, 0.05) is 0 Å². The van der Waals surface area contributed by atoms with Crippen LogP contribution in [-0.2, 0) is 0 Å². The first-order valence-electron chi connectivity index (χ1n) is 16.7. The molecule has 0 heteroatoms. The molecule has 9 aromatic rings. The van der Waals surface area contributed by atoms with E-state index in [0.717, 1.165) is 0 Å². The van der Waals surface area contributed by atoms with E-state index in [2.05, 4.69) is 182 Å². The average Bonchev–Trinajstić information content (AvgIpc) is 3.49. The fraction of sp³-hybridized carbons (Fsp3) is 0. The molecule has 0 N–H and O–H groups in total. The van der Waals surface area contributed by atoms with Gasteiger partial charge in [-0.3, -0.25) is 0 Å². The van der Waals surface area contributed by atoms with Crippen LogP contribution in [0, 0.1) is 0 Å². The molecule has 0 amide bonds. The zero-order valence-electron chi connectivity index (χ0n) is 26.3. The Labute approximate surface area is 280 Å². The van der Waals surface area contributed by atoms with E-state index in [-0.39, 0.29) is 0 Å². The molecule has 0 bridgehead atoms. The van der Waals surface area contributed by atoms with Crippen LogP contribution in [0.2, 0.25) is 0 Å². The molecule has 0 aliphatic heterocycles. The second-order valence-corrected chi connectivity index (χ2v) is 12.8. The summed E-state index contributed by atoms with van der Waals surface area (Å²) in [6.07, 6.45) is 0. The van der Waals surface area contributed by atoms with Gasteiger partial charge in [0.2, 0.25) is 0 Å². The van der Waals surface area contributed by atoms with Crippen molar-refractivity contribution in [3.8, 4) is 66.8 Å². The third kappa shape index (κ3) is 4.03. The van der Waals surface area contributed by atoms with Gasteiger partial charge in [-0.1, -0.05) is 170 Å². The summed E-state index contributed by atoms with van der Waals surface area (Å²) in [7, 11) is 0. The minimum atomic E-state index is 1.21. The smallest absolute Gasteiger partial charge is 0.000763 e. The predicted octanol–water partition coefficient (Wildman–Crippen LogP) is 13.5. The van der Waals surface area contributed by atoms with Gasteiger partial charge >= 0.3 is 0 Å². The maximum Gasteiger partial charge on any atom is -0.000763 e. The molecule has 0 heterocycles. The van der Waals surface area contributed by atoms with Gasteiger partial charge < -0.3 is 0 Å². The first-order chi connectivity index (χ1) is 23.8. The highest BCUT2D eigenvalue weighted by Crippen LogP contribution is 2.58. The van der Waals surface area contributed by atoms with E-state index in [1.807, 2.05) is 0 Å². The summed E-state index contributed by atoms with van der Waals surface area (Å²) in [5.74, 6) is 0. The fourth-order valence-electron chi connectivity index (χ4n) is 8.08. The van der Waals surface area contributed by atoms with Crippen LogP contribution < -0.4 is 0 Å². The van der Waals surface area contributed by atoms with Crippen LogP contribution >= 0.6 is 0 Å². The SMILES string of the molecule is c1ccc(-c2cc(-c3ccc(-c4cccc5ccccc45)cc3)c(-c3ccccc3)c3c2-c2cc4ccccc4c4cccc-3c24)cc1. The fourth-order valence-corrected chi connectivity index (χ4v) is 8.08. The Morgan fingerprint density at radius 3 is 1.52 bits per heavy atom. The van der Waals surface area contributed by atoms with Gasteiger partial charge in [0.05, 0.1) is 0 Å². The maximum atomic E-state index is 2.45. The number of rotatable bonds is 4. The van der Waals surface area contributed by atoms with Gasteiger partial charge in [-0.2, -0.15) is 0 Å². The van der Waals surface area contributed by atoms with Crippen molar-refractivity contribution in [3.63, 3.8) is 0 Å². The predicted molar refractivity (Wildman–Crippen MR) is 205 cm³/mol. The largest absolute Gasteiger partial charge is 0.0622 e. The maximum absolute atomic E-state index is 2.45. The van der Waals surface area contributed by atoms with E-state index in [0.29, 0.717) is 0 Å². The van der Waals surface area contributed by atoms with Gasteiger partial charge in [0.25, 0.3) is 0 Å². The quantitative estimate of drug-likeness (QED) is 0.175. The lowest BCUT2D eigenvalue weighted by molar-refractivity contribution is 1.56. The second kappa shape index (κ2) is 10.7. The van der Waals surface area contributed by atoms with Crippen molar-refractivity contribution >= 4 is 32.3 Å². The molecule has 0 aromatic heterocycles. The standard InChI is InChI=1S/C48H30/c1-3-13-32(14-4-1)43-30-42(34-27-25-33(26-28-34)38-22-11-19-31-15-7-9-20-37(31)38)45(35-16-5-2-6-17-35)48-41-24-12-23-40-39-21-10-8-18-36(39)29-44(46(40)41)47(43)48/h1-30H. The van der Waals surface area contributed by atoms with Crippen LogP contribution in [-0.4, -0.2) is 0 Å². The number of hydrogen-bond donors (Lipinski definition) is 0.